The number of aromatic nitrogens is 1. The van der Waals surface area contributed by atoms with E-state index in [2.05, 4.69) is 73.4 Å². The highest BCUT2D eigenvalue weighted by Crippen LogP contribution is 2.22. The van der Waals surface area contributed by atoms with Gasteiger partial charge < -0.3 is 4.90 Å². The van der Waals surface area contributed by atoms with Crippen LogP contribution in [0.1, 0.15) is 35.6 Å². The van der Waals surface area contributed by atoms with Crippen molar-refractivity contribution in [2.75, 3.05) is 14.1 Å². The summed E-state index contributed by atoms with van der Waals surface area (Å²) < 4.78 is 0. The fourth-order valence-corrected chi connectivity index (χ4v) is 3.38. The zero-order valence-corrected chi connectivity index (χ0v) is 14.9. The van der Waals surface area contributed by atoms with Crippen molar-refractivity contribution in [1.82, 2.24) is 9.88 Å². The highest BCUT2D eigenvalue weighted by atomic mass is 15.0. The summed E-state index contributed by atoms with van der Waals surface area (Å²) in [5.74, 6) is 0. The topological polar surface area (TPSA) is 16.1 Å². The molecule has 0 saturated heterocycles. The van der Waals surface area contributed by atoms with Gasteiger partial charge in [-0.25, -0.2) is 0 Å². The molecule has 1 aromatic heterocycles. The fourth-order valence-electron chi connectivity index (χ4n) is 3.38. The first-order valence-corrected chi connectivity index (χ1v) is 8.74. The lowest BCUT2D eigenvalue weighted by Gasteiger charge is -2.14. The molecule has 0 saturated carbocycles. The molecule has 0 N–H and O–H groups in total. The molecule has 0 atom stereocenters. The highest BCUT2D eigenvalue weighted by molar-refractivity contribution is 5.85. The maximum atomic E-state index is 4.31. The van der Waals surface area contributed by atoms with Crippen LogP contribution >= 0.6 is 0 Å². The van der Waals surface area contributed by atoms with E-state index in [1.54, 1.807) is 0 Å². The summed E-state index contributed by atoms with van der Waals surface area (Å²) in [7, 11) is 4.26. The Morgan fingerprint density at radius 1 is 0.958 bits per heavy atom. The Morgan fingerprint density at radius 3 is 2.54 bits per heavy atom. The maximum absolute atomic E-state index is 4.31. The van der Waals surface area contributed by atoms with Gasteiger partial charge in [0.05, 0.1) is 0 Å². The number of hydrogen-bond donors (Lipinski definition) is 0. The molecule has 2 aromatic carbocycles. The summed E-state index contributed by atoms with van der Waals surface area (Å²) in [5.41, 5.74) is 5.60. The van der Waals surface area contributed by atoms with E-state index in [0.29, 0.717) is 0 Å². The second-order valence-electron chi connectivity index (χ2n) is 6.84. The van der Waals surface area contributed by atoms with Crippen molar-refractivity contribution in [3.05, 3.63) is 77.1 Å². The van der Waals surface area contributed by atoms with E-state index in [-0.39, 0.29) is 0 Å². The minimum Gasteiger partial charge on any atom is -0.305 e. The number of aryl methyl sites for hydroxylation is 1. The van der Waals surface area contributed by atoms with Crippen LogP contribution in [-0.4, -0.2) is 24.0 Å². The van der Waals surface area contributed by atoms with E-state index >= 15 is 0 Å². The molecular formula is C22H26N2. The molecule has 0 aliphatic heterocycles. The molecule has 3 rings (SSSR count). The van der Waals surface area contributed by atoms with Crippen molar-refractivity contribution in [1.29, 1.82) is 0 Å². The molecule has 1 heterocycles. The molecule has 0 unspecified atom stereocenters. The van der Waals surface area contributed by atoms with Crippen LogP contribution in [-0.2, 0) is 19.4 Å². The van der Waals surface area contributed by atoms with Crippen LogP contribution in [0.15, 0.2) is 54.9 Å². The second-order valence-corrected chi connectivity index (χ2v) is 6.84. The van der Waals surface area contributed by atoms with E-state index in [1.807, 2.05) is 12.4 Å². The first kappa shape index (κ1) is 16.7. The SMILES string of the molecule is CCCc1cc(Cc2cccc3ccncc23)cc(CN(C)C)c1. The van der Waals surface area contributed by atoms with Gasteiger partial charge >= 0.3 is 0 Å². The predicted octanol–water partition coefficient (Wildman–Crippen LogP) is 4.84. The zero-order chi connectivity index (χ0) is 16.9. The second kappa shape index (κ2) is 7.59. The minimum atomic E-state index is 0.959. The number of rotatable bonds is 6. The highest BCUT2D eigenvalue weighted by Gasteiger charge is 2.06. The van der Waals surface area contributed by atoms with E-state index in [4.69, 9.17) is 0 Å². The number of hydrogen-bond acceptors (Lipinski definition) is 2. The Bertz CT molecular complexity index is 816. The number of benzene rings is 2. The van der Waals surface area contributed by atoms with Crippen molar-refractivity contribution >= 4 is 10.8 Å². The summed E-state index contributed by atoms with van der Waals surface area (Å²) in [5, 5.41) is 2.52. The van der Waals surface area contributed by atoms with Gasteiger partial charge in [0.1, 0.15) is 0 Å². The quantitative estimate of drug-likeness (QED) is 0.646. The van der Waals surface area contributed by atoms with Gasteiger partial charge in [-0.05, 0) is 60.6 Å². The molecule has 2 heteroatoms. The van der Waals surface area contributed by atoms with Crippen LogP contribution in [0.2, 0.25) is 0 Å². The van der Waals surface area contributed by atoms with E-state index in [0.717, 1.165) is 19.4 Å². The molecule has 0 bridgehead atoms. The Morgan fingerprint density at radius 2 is 1.75 bits per heavy atom. The van der Waals surface area contributed by atoms with Crippen LogP contribution in [0, 0.1) is 0 Å². The first-order valence-electron chi connectivity index (χ1n) is 8.74. The molecule has 124 valence electrons. The molecule has 24 heavy (non-hydrogen) atoms. The molecule has 0 radical (unpaired) electrons. The van der Waals surface area contributed by atoms with E-state index < -0.39 is 0 Å². The average molecular weight is 318 g/mol. The van der Waals surface area contributed by atoms with Crippen molar-refractivity contribution in [3.8, 4) is 0 Å². The van der Waals surface area contributed by atoms with Gasteiger partial charge in [0, 0.05) is 24.3 Å². The molecule has 2 nitrogen and oxygen atoms in total. The van der Waals surface area contributed by atoms with Gasteiger partial charge in [-0.15, -0.1) is 0 Å². The minimum absolute atomic E-state index is 0.959. The van der Waals surface area contributed by atoms with E-state index in [9.17, 15) is 0 Å². The van der Waals surface area contributed by atoms with Crippen LogP contribution in [0.3, 0.4) is 0 Å². The maximum Gasteiger partial charge on any atom is 0.0349 e. The van der Waals surface area contributed by atoms with Gasteiger partial charge in [0.25, 0.3) is 0 Å². The molecule has 0 aliphatic carbocycles. The molecule has 0 fully saturated rings. The van der Waals surface area contributed by atoms with Gasteiger partial charge in [-0.2, -0.15) is 0 Å². The van der Waals surface area contributed by atoms with Gasteiger partial charge in [0.15, 0.2) is 0 Å². The Balaban J connectivity index is 1.97. The average Bonchev–Trinajstić information content (AvgIpc) is 2.55. The van der Waals surface area contributed by atoms with E-state index in [1.165, 1.54) is 39.4 Å². The molecule has 0 spiro atoms. The van der Waals surface area contributed by atoms with Crippen molar-refractivity contribution in [2.45, 2.75) is 32.7 Å². The third-order valence-corrected chi connectivity index (χ3v) is 4.32. The molecule has 3 aromatic rings. The Labute approximate surface area is 145 Å². The summed E-state index contributed by atoms with van der Waals surface area (Å²) in [4.78, 5) is 6.55. The third kappa shape index (κ3) is 4.01. The Kier molecular flexibility index (Phi) is 5.27. The Hall–Kier alpha value is -2.19. The van der Waals surface area contributed by atoms with Crippen molar-refractivity contribution < 1.29 is 0 Å². The first-order chi connectivity index (χ1) is 11.7. The molecule has 0 aliphatic rings. The smallest absolute Gasteiger partial charge is 0.0349 e. The largest absolute Gasteiger partial charge is 0.305 e. The molecular weight excluding hydrogens is 292 g/mol. The number of nitrogens with zero attached hydrogens (tertiary/aromatic N) is 2. The van der Waals surface area contributed by atoms with Gasteiger partial charge in [0.2, 0.25) is 0 Å². The van der Waals surface area contributed by atoms with Crippen molar-refractivity contribution in [2.24, 2.45) is 0 Å². The lowest BCUT2D eigenvalue weighted by atomic mass is 9.95. The summed E-state index contributed by atoms with van der Waals surface area (Å²) in [6.45, 7) is 3.23. The van der Waals surface area contributed by atoms with Crippen LogP contribution in [0.4, 0.5) is 0 Å². The van der Waals surface area contributed by atoms with Gasteiger partial charge in [-0.1, -0.05) is 49.7 Å². The summed E-state index contributed by atoms with van der Waals surface area (Å²) in [6, 6.07) is 15.7. The van der Waals surface area contributed by atoms with Crippen LogP contribution in [0.25, 0.3) is 10.8 Å². The lowest BCUT2D eigenvalue weighted by Crippen LogP contribution is -2.11. The van der Waals surface area contributed by atoms with Gasteiger partial charge in [-0.3, -0.25) is 4.98 Å². The summed E-state index contributed by atoms with van der Waals surface area (Å²) in [6.07, 6.45) is 7.14. The fraction of sp³-hybridized carbons (Fsp3) is 0.318. The molecule has 0 amide bonds. The normalized spacial score (nSPS) is 11.3. The third-order valence-electron chi connectivity index (χ3n) is 4.32. The predicted molar refractivity (Wildman–Crippen MR) is 102 cm³/mol. The monoisotopic (exact) mass is 318 g/mol. The van der Waals surface area contributed by atoms with Crippen LogP contribution < -0.4 is 0 Å². The van der Waals surface area contributed by atoms with Crippen LogP contribution in [0.5, 0.6) is 0 Å². The standard InChI is InChI=1S/C22H26N2/c1-4-6-17-11-18(13-19(12-17)16-24(2)3)14-21-8-5-7-20-9-10-23-15-22(20)21/h5,7-13,15H,4,6,14,16H2,1-3H3. The summed E-state index contributed by atoms with van der Waals surface area (Å²) >= 11 is 0. The number of pyridine rings is 1. The lowest BCUT2D eigenvalue weighted by molar-refractivity contribution is 0.402. The van der Waals surface area contributed by atoms with Crippen molar-refractivity contribution in [3.63, 3.8) is 0 Å². The zero-order valence-electron chi connectivity index (χ0n) is 14.9. The number of fused-ring (bicyclic) bond motifs is 1.